The molecular formula is C75H146O17P2. The second kappa shape index (κ2) is 64.4. The molecule has 0 aromatic carbocycles. The molecule has 0 amide bonds. The van der Waals surface area contributed by atoms with Crippen molar-refractivity contribution in [3.05, 3.63) is 0 Å². The zero-order valence-electron chi connectivity index (χ0n) is 61.6. The van der Waals surface area contributed by atoms with E-state index in [1.54, 1.807) is 0 Å². The number of unbranched alkanes of at least 4 members (excludes halogenated alkanes) is 37. The summed E-state index contributed by atoms with van der Waals surface area (Å²) in [6.07, 6.45) is 48.9. The van der Waals surface area contributed by atoms with Crippen LogP contribution in [0, 0.1) is 23.7 Å². The van der Waals surface area contributed by atoms with Crippen LogP contribution in [0.3, 0.4) is 0 Å². The van der Waals surface area contributed by atoms with Crippen molar-refractivity contribution in [1.29, 1.82) is 0 Å². The number of rotatable bonds is 72. The lowest BCUT2D eigenvalue weighted by Crippen LogP contribution is -2.30. The number of carbonyl (C=O) groups is 4. The van der Waals surface area contributed by atoms with Crippen molar-refractivity contribution < 1.29 is 80.2 Å². The van der Waals surface area contributed by atoms with Gasteiger partial charge >= 0.3 is 39.5 Å². The fraction of sp³-hybridized carbons (Fsp3) is 0.947. The summed E-state index contributed by atoms with van der Waals surface area (Å²) in [6, 6.07) is 0. The molecule has 94 heavy (non-hydrogen) atoms. The highest BCUT2D eigenvalue weighted by Crippen LogP contribution is 2.45. The predicted molar refractivity (Wildman–Crippen MR) is 381 cm³/mol. The molecule has 0 aliphatic heterocycles. The van der Waals surface area contributed by atoms with Crippen LogP contribution < -0.4 is 0 Å². The summed E-state index contributed by atoms with van der Waals surface area (Å²) in [6.45, 7) is 14.1. The molecule has 19 heteroatoms. The van der Waals surface area contributed by atoms with E-state index >= 15 is 0 Å². The SMILES string of the molecule is CCC(C)CCCCCCCCCCCCC(=O)O[C@H](COC(=O)CCCCCCCCCCCCCCCCCCCCC(C)C)COP(=O)(O)OC[C@@H](O)COP(=O)(O)OC[C@@H](COC(=O)CCCCCCCCC(C)C)OC(=O)CCCCCCCCCC(C)C. The molecule has 0 spiro atoms. The Labute approximate surface area is 575 Å². The number of hydrogen-bond acceptors (Lipinski definition) is 15. The van der Waals surface area contributed by atoms with Gasteiger partial charge in [0, 0.05) is 25.7 Å². The average molecular weight is 1380 g/mol. The average Bonchev–Trinajstić information content (AvgIpc) is 1.60. The maximum atomic E-state index is 13.1. The van der Waals surface area contributed by atoms with Gasteiger partial charge in [-0.1, -0.05) is 325 Å². The van der Waals surface area contributed by atoms with Gasteiger partial charge in [-0.05, 0) is 49.4 Å². The molecule has 17 nitrogen and oxygen atoms in total. The van der Waals surface area contributed by atoms with E-state index in [0.29, 0.717) is 37.5 Å². The first-order chi connectivity index (χ1) is 45.1. The summed E-state index contributed by atoms with van der Waals surface area (Å²) in [5.41, 5.74) is 0. The second-order valence-corrected chi connectivity index (χ2v) is 31.6. The van der Waals surface area contributed by atoms with Gasteiger partial charge in [0.15, 0.2) is 12.2 Å². The van der Waals surface area contributed by atoms with Crippen molar-refractivity contribution in [1.82, 2.24) is 0 Å². The Balaban J connectivity index is 5.17. The second-order valence-electron chi connectivity index (χ2n) is 28.7. The summed E-state index contributed by atoms with van der Waals surface area (Å²) >= 11 is 0. The highest BCUT2D eigenvalue weighted by Gasteiger charge is 2.30. The standard InChI is InChI=1S/C75H146O17P2/c1-9-68(8)54-46-38-29-23-20-21-25-31-41-49-57-74(79)91-70(61-85-72(77)55-47-39-30-24-19-17-15-13-11-10-12-14-16-18-22-27-35-43-51-65(2)3)63-89-93(81,82)87-59-69(76)60-88-94(83,84)90-64-71(62-86-73(78)56-48-40-34-33-37-45-53-67(6)7)92-75(80)58-50-42-32-26-28-36-44-52-66(4)5/h65-71,76H,9-64H2,1-8H3,(H,81,82)(H,83,84)/t68?,69-,70-,71-/m1/s1. The number of hydrogen-bond donors (Lipinski definition) is 3. The van der Waals surface area contributed by atoms with Crippen molar-refractivity contribution in [2.24, 2.45) is 23.7 Å². The molecule has 6 atom stereocenters. The van der Waals surface area contributed by atoms with Gasteiger partial charge in [0.1, 0.15) is 19.3 Å². The van der Waals surface area contributed by atoms with Crippen LogP contribution in [0.1, 0.15) is 376 Å². The van der Waals surface area contributed by atoms with E-state index < -0.39 is 97.5 Å². The molecule has 0 aromatic heterocycles. The number of phosphoric ester groups is 2. The zero-order chi connectivity index (χ0) is 69.6. The molecule has 0 radical (unpaired) electrons. The minimum atomic E-state index is -4.96. The van der Waals surface area contributed by atoms with Crippen LogP contribution in [0.5, 0.6) is 0 Å². The van der Waals surface area contributed by atoms with Gasteiger partial charge in [-0.15, -0.1) is 0 Å². The molecule has 0 heterocycles. The summed E-state index contributed by atoms with van der Waals surface area (Å²) in [4.78, 5) is 72.6. The first kappa shape index (κ1) is 92.1. The normalized spacial score (nSPS) is 14.4. The van der Waals surface area contributed by atoms with Crippen molar-refractivity contribution in [3.8, 4) is 0 Å². The molecule has 0 fully saturated rings. The first-order valence-corrected chi connectivity index (χ1v) is 41.7. The molecule has 0 rings (SSSR count). The third-order valence-corrected chi connectivity index (χ3v) is 19.6. The molecule has 3 unspecified atom stereocenters. The monoisotopic (exact) mass is 1380 g/mol. The van der Waals surface area contributed by atoms with Crippen LogP contribution in [0.15, 0.2) is 0 Å². The fourth-order valence-electron chi connectivity index (χ4n) is 11.3. The van der Waals surface area contributed by atoms with Gasteiger partial charge in [-0.2, -0.15) is 0 Å². The van der Waals surface area contributed by atoms with E-state index in [1.807, 2.05) is 0 Å². The number of esters is 4. The summed E-state index contributed by atoms with van der Waals surface area (Å²) in [5, 5.41) is 10.6. The number of ether oxygens (including phenoxy) is 4. The maximum absolute atomic E-state index is 13.1. The van der Waals surface area contributed by atoms with Crippen LogP contribution in [0.4, 0.5) is 0 Å². The van der Waals surface area contributed by atoms with Crippen LogP contribution in [0.25, 0.3) is 0 Å². The molecule has 0 saturated carbocycles. The maximum Gasteiger partial charge on any atom is 0.472 e. The van der Waals surface area contributed by atoms with Crippen LogP contribution in [0.2, 0.25) is 0 Å². The molecule has 0 saturated heterocycles. The highest BCUT2D eigenvalue weighted by molar-refractivity contribution is 7.47. The summed E-state index contributed by atoms with van der Waals surface area (Å²) in [7, 11) is -9.91. The van der Waals surface area contributed by atoms with Gasteiger partial charge in [0.25, 0.3) is 0 Å². The van der Waals surface area contributed by atoms with Gasteiger partial charge < -0.3 is 33.8 Å². The van der Waals surface area contributed by atoms with Crippen LogP contribution in [-0.2, 0) is 65.4 Å². The first-order valence-electron chi connectivity index (χ1n) is 38.7. The Morgan fingerprint density at radius 3 is 0.755 bits per heavy atom. The lowest BCUT2D eigenvalue weighted by molar-refractivity contribution is -0.161. The molecule has 558 valence electrons. The van der Waals surface area contributed by atoms with Gasteiger partial charge in [-0.25, -0.2) is 9.13 Å². The Morgan fingerprint density at radius 2 is 0.511 bits per heavy atom. The van der Waals surface area contributed by atoms with Gasteiger partial charge in [-0.3, -0.25) is 37.3 Å². The number of aliphatic hydroxyl groups excluding tert-OH is 1. The molecule has 3 N–H and O–H groups in total. The molecule has 0 aliphatic rings. The van der Waals surface area contributed by atoms with E-state index in [1.165, 1.54) is 173 Å². The zero-order valence-corrected chi connectivity index (χ0v) is 63.4. The summed E-state index contributed by atoms with van der Waals surface area (Å²) in [5.74, 6) is 0.873. The van der Waals surface area contributed by atoms with Crippen LogP contribution in [-0.4, -0.2) is 96.7 Å². The van der Waals surface area contributed by atoms with Crippen molar-refractivity contribution in [2.75, 3.05) is 39.6 Å². The van der Waals surface area contributed by atoms with E-state index in [0.717, 1.165) is 108 Å². The smallest absolute Gasteiger partial charge is 0.462 e. The van der Waals surface area contributed by atoms with E-state index in [4.69, 9.17) is 37.0 Å². The van der Waals surface area contributed by atoms with Crippen molar-refractivity contribution in [3.63, 3.8) is 0 Å². The lowest BCUT2D eigenvalue weighted by Gasteiger charge is -2.21. The third-order valence-electron chi connectivity index (χ3n) is 17.7. The molecule has 0 aromatic rings. The number of carbonyl (C=O) groups excluding carboxylic acids is 4. The van der Waals surface area contributed by atoms with E-state index in [-0.39, 0.29) is 25.7 Å². The van der Waals surface area contributed by atoms with E-state index in [2.05, 4.69) is 55.4 Å². The van der Waals surface area contributed by atoms with Crippen molar-refractivity contribution in [2.45, 2.75) is 395 Å². The van der Waals surface area contributed by atoms with Gasteiger partial charge in [0.05, 0.1) is 26.4 Å². The Bertz CT molecular complexity index is 1850. The fourth-order valence-corrected chi connectivity index (χ4v) is 12.9. The quantitative estimate of drug-likeness (QED) is 0.0222. The van der Waals surface area contributed by atoms with Gasteiger partial charge in [0.2, 0.25) is 0 Å². The van der Waals surface area contributed by atoms with E-state index in [9.17, 15) is 43.2 Å². The minimum absolute atomic E-state index is 0.102. The predicted octanol–water partition coefficient (Wildman–Crippen LogP) is 21.7. The molecular weight excluding hydrogens is 1230 g/mol. The highest BCUT2D eigenvalue weighted by atomic mass is 31.2. The largest absolute Gasteiger partial charge is 0.472 e. The summed E-state index contributed by atoms with van der Waals surface area (Å²) < 4.78 is 68.4. The number of phosphoric acid groups is 2. The topological polar surface area (TPSA) is 237 Å². The van der Waals surface area contributed by atoms with Crippen LogP contribution >= 0.6 is 15.6 Å². The Kier molecular flexibility index (Phi) is 63.1. The Hall–Kier alpha value is -1.94. The lowest BCUT2D eigenvalue weighted by atomic mass is 9.99. The Morgan fingerprint density at radius 1 is 0.298 bits per heavy atom. The van der Waals surface area contributed by atoms with Crippen molar-refractivity contribution >= 4 is 39.5 Å². The third kappa shape index (κ3) is 67.3. The number of aliphatic hydroxyl groups is 1. The molecule has 0 bridgehead atoms. The minimum Gasteiger partial charge on any atom is -0.462 e. The molecule has 0 aliphatic carbocycles.